The first-order valence-corrected chi connectivity index (χ1v) is 10.7. The van der Waals surface area contributed by atoms with Crippen LogP contribution in [0.2, 0.25) is 0 Å². The van der Waals surface area contributed by atoms with Crippen LogP contribution < -0.4 is 20.8 Å². The first-order chi connectivity index (χ1) is 15.7. The molecule has 1 saturated heterocycles. The SMILES string of the molecule is Cc1ccc(N)c(N/N=C/c2cc(N3CCOCC3)cc(OCCc3ccccn3)n2)c1. The van der Waals surface area contributed by atoms with Crippen LogP contribution in [0.15, 0.2) is 59.8 Å². The van der Waals surface area contributed by atoms with Crippen molar-refractivity contribution in [3.05, 3.63) is 71.7 Å². The van der Waals surface area contributed by atoms with Crippen molar-refractivity contribution in [1.29, 1.82) is 0 Å². The summed E-state index contributed by atoms with van der Waals surface area (Å²) in [6.45, 7) is 5.56. The van der Waals surface area contributed by atoms with E-state index in [-0.39, 0.29) is 0 Å². The van der Waals surface area contributed by atoms with E-state index in [0.717, 1.165) is 35.7 Å². The molecule has 2 aromatic heterocycles. The lowest BCUT2D eigenvalue weighted by Gasteiger charge is -2.29. The second-order valence-corrected chi connectivity index (χ2v) is 7.57. The van der Waals surface area contributed by atoms with Crippen molar-refractivity contribution in [2.24, 2.45) is 5.10 Å². The van der Waals surface area contributed by atoms with Gasteiger partial charge in [0.05, 0.1) is 43.1 Å². The molecule has 0 amide bonds. The zero-order valence-corrected chi connectivity index (χ0v) is 18.2. The summed E-state index contributed by atoms with van der Waals surface area (Å²) in [5.74, 6) is 0.557. The number of pyridine rings is 2. The number of aromatic nitrogens is 2. The minimum absolute atomic E-state index is 0.491. The van der Waals surface area contributed by atoms with Gasteiger partial charge in [-0.05, 0) is 42.8 Å². The fourth-order valence-corrected chi connectivity index (χ4v) is 3.40. The van der Waals surface area contributed by atoms with Gasteiger partial charge in [0.2, 0.25) is 5.88 Å². The molecule has 1 fully saturated rings. The zero-order chi connectivity index (χ0) is 22.2. The predicted molar refractivity (Wildman–Crippen MR) is 128 cm³/mol. The molecule has 32 heavy (non-hydrogen) atoms. The molecule has 1 aliphatic heterocycles. The Morgan fingerprint density at radius 2 is 2.06 bits per heavy atom. The molecule has 0 unspecified atom stereocenters. The van der Waals surface area contributed by atoms with Crippen LogP contribution in [0.25, 0.3) is 0 Å². The van der Waals surface area contributed by atoms with Gasteiger partial charge in [-0.3, -0.25) is 10.4 Å². The van der Waals surface area contributed by atoms with Gasteiger partial charge in [0.15, 0.2) is 0 Å². The number of morpholine rings is 1. The number of ether oxygens (including phenoxy) is 2. The summed E-state index contributed by atoms with van der Waals surface area (Å²) in [6, 6.07) is 15.6. The Kier molecular flexibility index (Phi) is 7.14. The first kappa shape index (κ1) is 21.6. The molecule has 8 nitrogen and oxygen atoms in total. The predicted octanol–water partition coefficient (Wildman–Crippen LogP) is 3.27. The van der Waals surface area contributed by atoms with Crippen LogP contribution in [0.5, 0.6) is 5.88 Å². The number of benzene rings is 1. The Morgan fingerprint density at radius 1 is 1.19 bits per heavy atom. The van der Waals surface area contributed by atoms with E-state index in [4.69, 9.17) is 15.2 Å². The van der Waals surface area contributed by atoms with Gasteiger partial charge >= 0.3 is 0 Å². The third-order valence-corrected chi connectivity index (χ3v) is 5.11. The Morgan fingerprint density at radius 3 is 2.88 bits per heavy atom. The van der Waals surface area contributed by atoms with Crippen LogP contribution in [0.3, 0.4) is 0 Å². The number of nitrogen functional groups attached to an aromatic ring is 1. The summed E-state index contributed by atoms with van der Waals surface area (Å²) >= 11 is 0. The van der Waals surface area contributed by atoms with E-state index in [9.17, 15) is 0 Å². The van der Waals surface area contributed by atoms with Crippen LogP contribution >= 0.6 is 0 Å². The Balaban J connectivity index is 1.49. The first-order valence-electron chi connectivity index (χ1n) is 10.7. The van der Waals surface area contributed by atoms with Gasteiger partial charge in [0.25, 0.3) is 0 Å². The lowest BCUT2D eigenvalue weighted by molar-refractivity contribution is 0.122. The second kappa shape index (κ2) is 10.6. The molecule has 1 aliphatic rings. The lowest BCUT2D eigenvalue weighted by atomic mass is 10.2. The van der Waals surface area contributed by atoms with Crippen LogP contribution in [-0.4, -0.2) is 49.1 Å². The van der Waals surface area contributed by atoms with E-state index in [1.54, 1.807) is 12.4 Å². The van der Waals surface area contributed by atoms with Crippen LogP contribution in [0.4, 0.5) is 17.1 Å². The van der Waals surface area contributed by atoms with Gasteiger partial charge in [0.1, 0.15) is 0 Å². The molecule has 0 aliphatic carbocycles. The van der Waals surface area contributed by atoms with Crippen LogP contribution in [0, 0.1) is 6.92 Å². The molecular weight excluding hydrogens is 404 g/mol. The number of hydrazone groups is 1. The highest BCUT2D eigenvalue weighted by Gasteiger charge is 2.14. The summed E-state index contributed by atoms with van der Waals surface area (Å²) < 4.78 is 11.5. The molecule has 3 N–H and O–H groups in total. The Hall–Kier alpha value is -3.65. The summed E-state index contributed by atoms with van der Waals surface area (Å²) in [5.41, 5.74) is 14.2. The molecule has 1 aromatic carbocycles. The van der Waals surface area contributed by atoms with E-state index >= 15 is 0 Å². The highest BCUT2D eigenvalue weighted by Crippen LogP contribution is 2.23. The van der Waals surface area contributed by atoms with Gasteiger partial charge in [-0.15, -0.1) is 0 Å². The molecule has 3 heterocycles. The lowest BCUT2D eigenvalue weighted by Crippen LogP contribution is -2.36. The molecule has 0 radical (unpaired) electrons. The number of nitrogens with one attached hydrogen (secondary N) is 1. The summed E-state index contributed by atoms with van der Waals surface area (Å²) in [5, 5.41) is 4.34. The average molecular weight is 433 g/mol. The van der Waals surface area contributed by atoms with Crippen molar-refractivity contribution in [1.82, 2.24) is 9.97 Å². The van der Waals surface area contributed by atoms with Gasteiger partial charge in [-0.1, -0.05) is 12.1 Å². The molecule has 0 bridgehead atoms. The maximum atomic E-state index is 6.02. The highest BCUT2D eigenvalue weighted by atomic mass is 16.5. The normalized spacial score (nSPS) is 14.0. The van der Waals surface area contributed by atoms with E-state index in [1.165, 1.54) is 0 Å². The molecule has 4 rings (SSSR count). The van der Waals surface area contributed by atoms with Crippen LogP contribution in [0.1, 0.15) is 17.0 Å². The molecule has 0 atom stereocenters. The maximum Gasteiger partial charge on any atom is 0.215 e. The molecule has 0 spiro atoms. The Labute approximate surface area is 188 Å². The van der Waals surface area contributed by atoms with E-state index in [0.29, 0.717) is 43.5 Å². The molecular formula is C24H28N6O2. The fraction of sp³-hybridized carbons (Fsp3) is 0.292. The van der Waals surface area contributed by atoms with Crippen molar-refractivity contribution >= 4 is 23.3 Å². The third kappa shape index (κ3) is 5.95. The minimum Gasteiger partial charge on any atom is -0.477 e. The van der Waals surface area contributed by atoms with E-state index in [2.05, 4.69) is 25.4 Å². The van der Waals surface area contributed by atoms with Crippen molar-refractivity contribution < 1.29 is 9.47 Å². The highest BCUT2D eigenvalue weighted by molar-refractivity contribution is 5.80. The number of aryl methyl sites for hydroxylation is 1. The topological polar surface area (TPSA) is 97.9 Å². The smallest absolute Gasteiger partial charge is 0.215 e. The van der Waals surface area contributed by atoms with E-state index in [1.807, 2.05) is 55.5 Å². The number of nitrogens with zero attached hydrogens (tertiary/aromatic N) is 4. The number of hydrogen-bond donors (Lipinski definition) is 2. The largest absolute Gasteiger partial charge is 0.477 e. The second-order valence-electron chi connectivity index (χ2n) is 7.57. The number of anilines is 3. The monoisotopic (exact) mass is 432 g/mol. The van der Waals surface area contributed by atoms with E-state index < -0.39 is 0 Å². The third-order valence-electron chi connectivity index (χ3n) is 5.11. The summed E-state index contributed by atoms with van der Waals surface area (Å²) in [4.78, 5) is 11.2. The summed E-state index contributed by atoms with van der Waals surface area (Å²) in [7, 11) is 0. The van der Waals surface area contributed by atoms with Gasteiger partial charge in [-0.2, -0.15) is 5.10 Å². The molecule has 166 valence electrons. The number of hydrogen-bond acceptors (Lipinski definition) is 8. The van der Waals surface area contributed by atoms with Crippen molar-refractivity contribution in [2.75, 3.05) is 49.0 Å². The maximum absolute atomic E-state index is 6.02. The molecule has 8 heteroatoms. The average Bonchev–Trinajstić information content (AvgIpc) is 2.82. The molecule has 3 aromatic rings. The van der Waals surface area contributed by atoms with Gasteiger partial charge in [-0.25, -0.2) is 4.98 Å². The van der Waals surface area contributed by atoms with Gasteiger partial charge in [0, 0.05) is 43.2 Å². The fourth-order valence-electron chi connectivity index (χ4n) is 3.40. The standard InChI is InChI=1S/C24H28N6O2/c1-18-5-6-22(25)23(14-18)29-27-17-20-15-21(30-9-12-31-13-10-30)16-24(28-20)32-11-7-19-4-2-3-8-26-19/h2-6,8,14-17,29H,7,9-13,25H2,1H3/b27-17+. The van der Waals surface area contributed by atoms with Crippen molar-refractivity contribution in [3.8, 4) is 5.88 Å². The molecule has 0 saturated carbocycles. The Bertz CT molecular complexity index is 1050. The summed E-state index contributed by atoms with van der Waals surface area (Å²) in [6.07, 6.45) is 4.18. The number of rotatable bonds is 8. The van der Waals surface area contributed by atoms with Crippen LogP contribution in [-0.2, 0) is 11.2 Å². The van der Waals surface area contributed by atoms with Gasteiger partial charge < -0.3 is 20.1 Å². The van der Waals surface area contributed by atoms with Crippen molar-refractivity contribution in [3.63, 3.8) is 0 Å². The van der Waals surface area contributed by atoms with Crippen molar-refractivity contribution in [2.45, 2.75) is 13.3 Å². The number of nitrogens with two attached hydrogens (primary N) is 1. The quantitative estimate of drug-likeness (QED) is 0.320. The zero-order valence-electron chi connectivity index (χ0n) is 18.2. The minimum atomic E-state index is 0.491.